The lowest BCUT2D eigenvalue weighted by Gasteiger charge is -2.36. The fourth-order valence-corrected chi connectivity index (χ4v) is 6.54. The zero-order chi connectivity index (χ0) is 35.6. The van der Waals surface area contributed by atoms with E-state index in [-0.39, 0.29) is 49.3 Å². The highest BCUT2D eigenvalue weighted by molar-refractivity contribution is 5.99. The lowest BCUT2D eigenvalue weighted by molar-refractivity contribution is -0.137. The Labute approximate surface area is 288 Å². The number of anilines is 1. The summed E-state index contributed by atoms with van der Waals surface area (Å²) < 4.78 is 51.9. The van der Waals surface area contributed by atoms with E-state index < -0.39 is 17.8 Å². The number of aliphatic hydroxyl groups excluding tert-OH is 1. The number of nitrogens with one attached hydrogen (secondary N) is 2. The first-order chi connectivity index (χ1) is 23.3. The summed E-state index contributed by atoms with van der Waals surface area (Å²) in [6.45, 7) is 7.17. The van der Waals surface area contributed by atoms with Crippen molar-refractivity contribution >= 4 is 17.6 Å². The number of ether oxygens (including phenoxy) is 2. The summed E-state index contributed by atoms with van der Waals surface area (Å²) in [6, 6.07) is 9.56. The number of urea groups is 1. The van der Waals surface area contributed by atoms with Crippen LogP contribution in [0.5, 0.6) is 5.75 Å². The van der Waals surface area contributed by atoms with Gasteiger partial charge in [0.15, 0.2) is 0 Å². The van der Waals surface area contributed by atoms with Crippen molar-refractivity contribution in [1.82, 2.24) is 15.1 Å². The third kappa shape index (κ3) is 11.6. The smallest absolute Gasteiger partial charge is 0.416 e. The number of nitrogens with zero attached hydrogens (tertiary/aromatic N) is 2. The van der Waals surface area contributed by atoms with Crippen molar-refractivity contribution in [3.63, 3.8) is 0 Å². The molecule has 1 heterocycles. The largest absolute Gasteiger partial charge is 0.490 e. The summed E-state index contributed by atoms with van der Waals surface area (Å²) in [7, 11) is 1.90. The summed E-state index contributed by atoms with van der Waals surface area (Å²) in [5.41, 5.74) is 0.825. The van der Waals surface area contributed by atoms with Crippen LogP contribution in [-0.2, 0) is 17.5 Å². The number of hydrogen-bond donors (Lipinski definition) is 3. The number of alkyl halides is 3. The van der Waals surface area contributed by atoms with Crippen molar-refractivity contribution in [2.75, 3.05) is 38.7 Å². The second-order valence-electron chi connectivity index (χ2n) is 13.8. The van der Waals surface area contributed by atoms with Crippen molar-refractivity contribution in [3.05, 3.63) is 59.2 Å². The summed E-state index contributed by atoms with van der Waals surface area (Å²) in [4.78, 5) is 30.9. The molecule has 4 atom stereocenters. The van der Waals surface area contributed by atoms with Gasteiger partial charge in [-0.2, -0.15) is 13.2 Å². The minimum atomic E-state index is -4.39. The molecule has 1 fully saturated rings. The maximum atomic E-state index is 14.4. The van der Waals surface area contributed by atoms with E-state index in [9.17, 15) is 27.9 Å². The van der Waals surface area contributed by atoms with Crippen molar-refractivity contribution in [1.29, 1.82) is 0 Å². The molecule has 4 rings (SSSR count). The van der Waals surface area contributed by atoms with Gasteiger partial charge in [0.1, 0.15) is 5.75 Å². The van der Waals surface area contributed by atoms with Gasteiger partial charge in [0.2, 0.25) is 0 Å². The molecule has 49 heavy (non-hydrogen) atoms. The van der Waals surface area contributed by atoms with Crippen LogP contribution in [0.25, 0.3) is 0 Å². The summed E-state index contributed by atoms with van der Waals surface area (Å²) in [6.07, 6.45) is 2.78. The number of carbonyl (C=O) groups excluding carboxylic acids is 2. The second-order valence-corrected chi connectivity index (χ2v) is 13.8. The first-order valence-corrected chi connectivity index (χ1v) is 17.6. The lowest BCUT2D eigenvalue weighted by Crippen LogP contribution is -2.47. The zero-order valence-electron chi connectivity index (χ0n) is 29.2. The standard InChI is InChI=1S/C37H53F3N4O5/c1-25-21-44(26(2)24-45)35(46)32-20-31(42-36(47)41-30-11-6-5-7-12-30)17-18-33(32)49-27(3)10-8-9-19-48-34(25)23-43(4)22-28-13-15-29(16-14-28)37(38,39)40/h13-18,20,25-27,30,34,45H,5-12,19,21-24H2,1-4H3,(H2,41,42,47)/t25-,26+,27-,34-/m1/s1. The van der Waals surface area contributed by atoms with Crippen LogP contribution < -0.4 is 15.4 Å². The lowest BCUT2D eigenvalue weighted by atomic mass is 9.96. The predicted molar refractivity (Wildman–Crippen MR) is 184 cm³/mol. The van der Waals surface area contributed by atoms with Gasteiger partial charge in [-0.1, -0.05) is 38.3 Å². The molecule has 0 spiro atoms. The first kappa shape index (κ1) is 38.5. The summed E-state index contributed by atoms with van der Waals surface area (Å²) in [5, 5.41) is 16.2. The van der Waals surface area contributed by atoms with E-state index >= 15 is 0 Å². The molecule has 1 aliphatic carbocycles. The Balaban J connectivity index is 1.54. The molecule has 3 N–H and O–H groups in total. The molecule has 1 saturated carbocycles. The maximum Gasteiger partial charge on any atom is 0.416 e. The van der Waals surface area contributed by atoms with E-state index in [1.54, 1.807) is 30.0 Å². The quantitative estimate of drug-likeness (QED) is 0.274. The van der Waals surface area contributed by atoms with E-state index in [0.29, 0.717) is 36.7 Å². The fraction of sp³-hybridized carbons (Fsp3) is 0.622. The molecule has 12 heteroatoms. The molecule has 1 aliphatic heterocycles. The molecule has 0 radical (unpaired) electrons. The van der Waals surface area contributed by atoms with Crippen LogP contribution in [-0.4, -0.2) is 84.5 Å². The van der Waals surface area contributed by atoms with Gasteiger partial charge < -0.3 is 30.1 Å². The van der Waals surface area contributed by atoms with Crippen LogP contribution in [0.1, 0.15) is 93.6 Å². The second kappa shape index (κ2) is 18.1. The highest BCUT2D eigenvalue weighted by Crippen LogP contribution is 2.30. The molecule has 3 amide bonds. The van der Waals surface area contributed by atoms with Crippen LogP contribution in [0.2, 0.25) is 0 Å². The molecule has 9 nitrogen and oxygen atoms in total. The van der Waals surface area contributed by atoms with Gasteiger partial charge in [-0.3, -0.25) is 9.69 Å². The van der Waals surface area contributed by atoms with Gasteiger partial charge in [-0.25, -0.2) is 4.79 Å². The first-order valence-electron chi connectivity index (χ1n) is 17.6. The minimum absolute atomic E-state index is 0.128. The molecule has 0 saturated heterocycles. The molecule has 2 aromatic rings. The molecule has 0 aromatic heterocycles. The van der Waals surface area contributed by atoms with Gasteiger partial charge in [-0.05, 0) is 88.9 Å². The third-order valence-corrected chi connectivity index (χ3v) is 9.48. The molecule has 272 valence electrons. The fourth-order valence-electron chi connectivity index (χ4n) is 6.54. The number of aliphatic hydroxyl groups is 1. The van der Waals surface area contributed by atoms with Crippen LogP contribution in [0.15, 0.2) is 42.5 Å². The zero-order valence-corrected chi connectivity index (χ0v) is 29.2. The Hall–Kier alpha value is -3.35. The van der Waals surface area contributed by atoms with E-state index in [1.165, 1.54) is 18.6 Å². The number of benzene rings is 2. The van der Waals surface area contributed by atoms with Gasteiger partial charge >= 0.3 is 12.2 Å². The number of carbonyl (C=O) groups is 2. The molecule has 0 bridgehead atoms. The Bertz CT molecular complexity index is 1350. The van der Waals surface area contributed by atoms with Crippen LogP contribution in [0.4, 0.5) is 23.7 Å². The number of amides is 3. The number of likely N-dealkylation sites (N-methyl/N-ethyl adjacent to an activating group) is 1. The Kier molecular flexibility index (Phi) is 14.2. The Morgan fingerprint density at radius 1 is 1.04 bits per heavy atom. The van der Waals surface area contributed by atoms with E-state index in [0.717, 1.165) is 62.6 Å². The topological polar surface area (TPSA) is 103 Å². The van der Waals surface area contributed by atoms with Crippen LogP contribution in [0, 0.1) is 5.92 Å². The van der Waals surface area contributed by atoms with Gasteiger partial charge in [0.25, 0.3) is 5.91 Å². The summed E-state index contributed by atoms with van der Waals surface area (Å²) in [5.74, 6) is -0.0812. The average molecular weight is 691 g/mol. The molecular weight excluding hydrogens is 637 g/mol. The van der Waals surface area contributed by atoms with Crippen molar-refractivity contribution in [2.24, 2.45) is 5.92 Å². The van der Waals surface area contributed by atoms with Gasteiger partial charge in [-0.15, -0.1) is 0 Å². The van der Waals surface area contributed by atoms with Crippen LogP contribution in [0.3, 0.4) is 0 Å². The molecule has 0 unspecified atom stereocenters. The molecular formula is C37H53F3N4O5. The average Bonchev–Trinajstić information content (AvgIpc) is 3.06. The highest BCUT2D eigenvalue weighted by Gasteiger charge is 2.32. The normalized spacial score (nSPS) is 22.5. The molecule has 2 aliphatic rings. The predicted octanol–water partition coefficient (Wildman–Crippen LogP) is 7.09. The third-order valence-electron chi connectivity index (χ3n) is 9.48. The summed E-state index contributed by atoms with van der Waals surface area (Å²) >= 11 is 0. The molecule has 2 aromatic carbocycles. The number of halogens is 3. The minimum Gasteiger partial charge on any atom is -0.490 e. The van der Waals surface area contributed by atoms with Crippen molar-refractivity contribution in [3.8, 4) is 5.75 Å². The number of hydrogen-bond acceptors (Lipinski definition) is 6. The highest BCUT2D eigenvalue weighted by atomic mass is 19.4. The van der Waals surface area contributed by atoms with Gasteiger partial charge in [0.05, 0.1) is 36.0 Å². The van der Waals surface area contributed by atoms with Crippen LogP contribution >= 0.6 is 0 Å². The number of fused-ring (bicyclic) bond motifs is 1. The SMILES string of the molecule is C[C@@H]1CCCCO[C@H](CN(C)Cc2ccc(C(F)(F)F)cc2)[C@H](C)CN([C@@H](C)CO)C(=O)c2cc(NC(=O)NC3CCCCC3)ccc2O1. The maximum absolute atomic E-state index is 14.4. The van der Waals surface area contributed by atoms with Crippen molar-refractivity contribution < 1.29 is 37.3 Å². The van der Waals surface area contributed by atoms with E-state index in [2.05, 4.69) is 10.6 Å². The van der Waals surface area contributed by atoms with Crippen molar-refractivity contribution in [2.45, 2.75) is 109 Å². The van der Waals surface area contributed by atoms with Gasteiger partial charge in [0, 0.05) is 43.9 Å². The number of rotatable bonds is 8. The monoisotopic (exact) mass is 690 g/mol. The van der Waals surface area contributed by atoms with E-state index in [1.807, 2.05) is 25.8 Å². The Morgan fingerprint density at radius 2 is 1.73 bits per heavy atom. The van der Waals surface area contributed by atoms with E-state index in [4.69, 9.17) is 9.47 Å². The Morgan fingerprint density at radius 3 is 2.41 bits per heavy atom.